The van der Waals surface area contributed by atoms with Crippen molar-refractivity contribution in [3.05, 3.63) is 29.8 Å². The number of halogens is 3. The smallest absolute Gasteiger partial charge is 0.405 e. The first-order valence-corrected chi connectivity index (χ1v) is 7.34. The van der Waals surface area contributed by atoms with Crippen LogP contribution in [-0.4, -0.2) is 48.0 Å². The molecule has 0 aromatic heterocycles. The molecule has 1 amide bonds. The number of ether oxygens (including phenoxy) is 1. The molecule has 1 aromatic rings. The van der Waals surface area contributed by atoms with Crippen LogP contribution in [0.2, 0.25) is 0 Å². The van der Waals surface area contributed by atoms with Gasteiger partial charge in [-0.2, -0.15) is 0 Å². The number of carbonyl (C=O) groups is 1. The third kappa shape index (κ3) is 5.40. The van der Waals surface area contributed by atoms with Gasteiger partial charge in [-0.15, -0.1) is 13.2 Å². The number of aliphatic hydroxyl groups is 1. The molecule has 1 atom stereocenters. The Morgan fingerprint density at radius 2 is 2.13 bits per heavy atom. The Morgan fingerprint density at radius 1 is 1.39 bits per heavy atom. The Kier molecular flexibility index (Phi) is 5.84. The summed E-state index contributed by atoms with van der Waals surface area (Å²) in [5.41, 5.74) is 0.248. The van der Waals surface area contributed by atoms with E-state index in [0.717, 1.165) is 19.4 Å². The Hall–Kier alpha value is -1.80. The van der Waals surface area contributed by atoms with Gasteiger partial charge in [0.25, 0.3) is 0 Å². The number of alkyl halides is 3. The zero-order valence-electron chi connectivity index (χ0n) is 12.5. The minimum Gasteiger partial charge on any atom is -0.405 e. The summed E-state index contributed by atoms with van der Waals surface area (Å²) in [6.45, 7) is 0.790. The van der Waals surface area contributed by atoms with Gasteiger partial charge in [-0.3, -0.25) is 9.69 Å². The molecule has 5 nitrogen and oxygen atoms in total. The highest BCUT2D eigenvalue weighted by Gasteiger charge is 2.32. The summed E-state index contributed by atoms with van der Waals surface area (Å²) >= 11 is 0. The van der Waals surface area contributed by atoms with Crippen molar-refractivity contribution in [3.63, 3.8) is 0 Å². The Labute approximate surface area is 132 Å². The lowest BCUT2D eigenvalue weighted by atomic mass is 10.2. The molecule has 1 aromatic carbocycles. The van der Waals surface area contributed by atoms with Crippen LogP contribution in [0.3, 0.4) is 0 Å². The number of nitrogens with one attached hydrogen (secondary N) is 1. The molecule has 0 radical (unpaired) electrons. The molecule has 8 heteroatoms. The summed E-state index contributed by atoms with van der Waals surface area (Å²) in [4.78, 5) is 13.8. The Bertz CT molecular complexity index is 537. The van der Waals surface area contributed by atoms with E-state index >= 15 is 0 Å². The molecule has 0 spiro atoms. The Morgan fingerprint density at radius 3 is 2.83 bits per heavy atom. The van der Waals surface area contributed by atoms with Crippen molar-refractivity contribution < 1.29 is 27.8 Å². The van der Waals surface area contributed by atoms with Crippen LogP contribution in [0, 0.1) is 0 Å². The van der Waals surface area contributed by atoms with Crippen molar-refractivity contribution >= 4 is 5.91 Å². The minimum atomic E-state index is -4.77. The van der Waals surface area contributed by atoms with Gasteiger partial charge in [0.1, 0.15) is 5.75 Å². The monoisotopic (exact) mass is 332 g/mol. The van der Waals surface area contributed by atoms with Gasteiger partial charge < -0.3 is 15.2 Å². The first-order chi connectivity index (χ1) is 10.9. The van der Waals surface area contributed by atoms with Crippen LogP contribution < -0.4 is 10.1 Å². The van der Waals surface area contributed by atoms with Crippen LogP contribution in [0.15, 0.2) is 24.3 Å². The summed E-state index contributed by atoms with van der Waals surface area (Å²) in [7, 11) is 0. The highest BCUT2D eigenvalue weighted by molar-refractivity contribution is 5.78. The number of aliphatic hydroxyl groups excluding tert-OH is 1. The summed E-state index contributed by atoms with van der Waals surface area (Å²) in [6, 6.07) is 5.65. The zero-order valence-corrected chi connectivity index (χ0v) is 12.5. The fraction of sp³-hybridized carbons (Fsp3) is 0.533. The maximum Gasteiger partial charge on any atom is 0.573 e. The van der Waals surface area contributed by atoms with Crippen LogP contribution in [0.25, 0.3) is 0 Å². The van der Waals surface area contributed by atoms with E-state index in [4.69, 9.17) is 0 Å². The third-order valence-electron chi connectivity index (χ3n) is 3.73. The minimum absolute atomic E-state index is 0.00443. The van der Waals surface area contributed by atoms with Gasteiger partial charge in [0.15, 0.2) is 0 Å². The molecule has 1 aliphatic rings. The van der Waals surface area contributed by atoms with Crippen LogP contribution in [0.1, 0.15) is 18.4 Å². The summed E-state index contributed by atoms with van der Waals surface area (Å²) in [6.07, 6.45) is -3.02. The predicted molar refractivity (Wildman–Crippen MR) is 76.7 cm³/mol. The molecule has 1 fully saturated rings. The average molecular weight is 332 g/mol. The molecule has 1 aliphatic heterocycles. The molecular weight excluding hydrogens is 313 g/mol. The molecule has 2 N–H and O–H groups in total. The van der Waals surface area contributed by atoms with Crippen molar-refractivity contribution in [2.75, 3.05) is 19.7 Å². The van der Waals surface area contributed by atoms with Gasteiger partial charge in [0, 0.05) is 18.2 Å². The van der Waals surface area contributed by atoms with E-state index in [1.807, 2.05) is 4.90 Å². The van der Waals surface area contributed by atoms with Gasteiger partial charge in [-0.25, -0.2) is 0 Å². The van der Waals surface area contributed by atoms with Crippen LogP contribution in [0.4, 0.5) is 13.2 Å². The van der Waals surface area contributed by atoms with Gasteiger partial charge in [-0.05, 0) is 25.5 Å². The molecule has 0 bridgehead atoms. The lowest BCUT2D eigenvalue weighted by Crippen LogP contribution is -2.41. The second-order valence-electron chi connectivity index (χ2n) is 5.38. The van der Waals surface area contributed by atoms with Crippen LogP contribution in [-0.2, 0) is 11.3 Å². The topological polar surface area (TPSA) is 61.8 Å². The number of nitrogens with zero attached hydrogens (tertiary/aromatic N) is 1. The summed E-state index contributed by atoms with van der Waals surface area (Å²) < 4.78 is 40.9. The number of hydrogen-bond donors (Lipinski definition) is 2. The van der Waals surface area contributed by atoms with Crippen molar-refractivity contribution in [3.8, 4) is 5.75 Å². The van der Waals surface area contributed by atoms with E-state index in [1.165, 1.54) is 18.2 Å². The molecule has 1 saturated heterocycles. The molecule has 0 unspecified atom stereocenters. The summed E-state index contributed by atoms with van der Waals surface area (Å²) in [5.74, 6) is -0.623. The first-order valence-electron chi connectivity index (χ1n) is 7.34. The van der Waals surface area contributed by atoms with Gasteiger partial charge >= 0.3 is 6.36 Å². The SMILES string of the molecule is O=C(CN1CCC[C@H]1CO)NCc1ccccc1OC(F)(F)F. The van der Waals surface area contributed by atoms with E-state index in [2.05, 4.69) is 10.1 Å². The summed E-state index contributed by atoms with van der Waals surface area (Å²) in [5, 5.41) is 11.8. The fourth-order valence-electron chi connectivity index (χ4n) is 2.62. The van der Waals surface area contributed by atoms with Gasteiger partial charge in [0.2, 0.25) is 5.91 Å². The van der Waals surface area contributed by atoms with Crippen LogP contribution >= 0.6 is 0 Å². The number of rotatable bonds is 6. The first kappa shape index (κ1) is 17.6. The van der Waals surface area contributed by atoms with E-state index in [-0.39, 0.29) is 43.0 Å². The van der Waals surface area contributed by atoms with E-state index in [0.29, 0.717) is 0 Å². The van der Waals surface area contributed by atoms with E-state index in [9.17, 15) is 23.1 Å². The van der Waals surface area contributed by atoms with Crippen LogP contribution in [0.5, 0.6) is 5.75 Å². The lowest BCUT2D eigenvalue weighted by molar-refractivity contribution is -0.274. The number of carbonyl (C=O) groups excluding carboxylic acids is 1. The molecular formula is C15H19F3N2O3. The third-order valence-corrected chi connectivity index (χ3v) is 3.73. The standard InChI is InChI=1S/C15H19F3N2O3/c16-15(17,18)23-13-6-2-1-4-11(13)8-19-14(22)9-20-7-3-5-12(20)10-21/h1-2,4,6,12,21H,3,5,7-10H2,(H,19,22)/t12-/m0/s1. The van der Waals surface area contributed by atoms with E-state index in [1.54, 1.807) is 6.07 Å². The molecule has 128 valence electrons. The van der Waals surface area contributed by atoms with E-state index < -0.39 is 6.36 Å². The largest absolute Gasteiger partial charge is 0.573 e. The van der Waals surface area contributed by atoms with Crippen molar-refractivity contribution in [2.45, 2.75) is 31.8 Å². The predicted octanol–water partition coefficient (Wildman–Crippen LogP) is 1.66. The quantitative estimate of drug-likeness (QED) is 0.832. The lowest BCUT2D eigenvalue weighted by Gasteiger charge is -2.22. The second-order valence-corrected chi connectivity index (χ2v) is 5.38. The molecule has 0 aliphatic carbocycles. The molecule has 23 heavy (non-hydrogen) atoms. The normalized spacial score (nSPS) is 18.9. The van der Waals surface area contributed by atoms with Gasteiger partial charge in [0.05, 0.1) is 13.2 Å². The van der Waals surface area contributed by atoms with Crippen molar-refractivity contribution in [1.29, 1.82) is 0 Å². The average Bonchev–Trinajstić information content (AvgIpc) is 2.92. The highest BCUT2D eigenvalue weighted by Crippen LogP contribution is 2.26. The maximum absolute atomic E-state index is 12.3. The zero-order chi connectivity index (χ0) is 16.9. The number of benzene rings is 1. The fourth-order valence-corrected chi connectivity index (χ4v) is 2.62. The van der Waals surface area contributed by atoms with Crippen molar-refractivity contribution in [2.24, 2.45) is 0 Å². The number of amides is 1. The number of para-hydroxylation sites is 1. The molecule has 0 saturated carbocycles. The second kappa shape index (κ2) is 7.65. The van der Waals surface area contributed by atoms with Crippen molar-refractivity contribution in [1.82, 2.24) is 10.2 Å². The molecule has 1 heterocycles. The number of likely N-dealkylation sites (tertiary alicyclic amines) is 1. The highest BCUT2D eigenvalue weighted by atomic mass is 19.4. The number of hydrogen-bond acceptors (Lipinski definition) is 4. The maximum atomic E-state index is 12.3. The molecule has 2 rings (SSSR count). The van der Waals surface area contributed by atoms with Gasteiger partial charge in [-0.1, -0.05) is 18.2 Å². The Balaban J connectivity index is 1.89.